The van der Waals surface area contributed by atoms with Gasteiger partial charge < -0.3 is 15.7 Å². The summed E-state index contributed by atoms with van der Waals surface area (Å²) in [5.74, 6) is 4.82. The SMILES string of the molecule is CC(CO)CCC[C@@H](C)[C@H]1CC[C@H]2[C@@H]3CC=C4C[C@@H](O)CC[C@]4(C)[C@H]3CC[C@]12C.O. The van der Waals surface area contributed by atoms with Crippen LogP contribution in [0.5, 0.6) is 0 Å². The number of aliphatic hydroxyl groups is 2. The third kappa shape index (κ3) is 4.04. The van der Waals surface area contributed by atoms with Crippen molar-refractivity contribution in [1.82, 2.24) is 0 Å². The molecule has 4 rings (SSSR count). The van der Waals surface area contributed by atoms with E-state index in [9.17, 15) is 10.2 Å². The molecule has 0 aromatic heterocycles. The molecule has 0 aromatic rings. The number of allylic oxidation sites excluding steroid dienone is 1. The molecule has 9 atom stereocenters. The summed E-state index contributed by atoms with van der Waals surface area (Å²) in [7, 11) is 0. The second-order valence-corrected chi connectivity index (χ2v) is 12.1. The Morgan fingerprint density at radius 3 is 2.53 bits per heavy atom. The number of aliphatic hydroxyl groups excluding tert-OH is 2. The summed E-state index contributed by atoms with van der Waals surface area (Å²) in [5.41, 5.74) is 2.51. The van der Waals surface area contributed by atoms with E-state index in [0.717, 1.165) is 42.4 Å². The minimum Gasteiger partial charge on any atom is -0.412 e. The van der Waals surface area contributed by atoms with E-state index in [-0.39, 0.29) is 11.6 Å². The average Bonchev–Trinajstić information content (AvgIpc) is 3.05. The van der Waals surface area contributed by atoms with Gasteiger partial charge in [-0.25, -0.2) is 0 Å². The summed E-state index contributed by atoms with van der Waals surface area (Å²) >= 11 is 0. The Kier molecular flexibility index (Phi) is 7.47. The zero-order valence-corrected chi connectivity index (χ0v) is 20.0. The van der Waals surface area contributed by atoms with E-state index in [1.165, 1.54) is 57.8 Å². The van der Waals surface area contributed by atoms with Gasteiger partial charge in [-0.2, -0.15) is 0 Å². The molecule has 4 N–H and O–H groups in total. The highest BCUT2D eigenvalue weighted by Crippen LogP contribution is 2.67. The normalized spacial score (nSPS) is 44.7. The summed E-state index contributed by atoms with van der Waals surface area (Å²) < 4.78 is 0. The van der Waals surface area contributed by atoms with Crippen LogP contribution in [0.3, 0.4) is 0 Å². The van der Waals surface area contributed by atoms with E-state index < -0.39 is 0 Å². The second-order valence-electron chi connectivity index (χ2n) is 12.1. The van der Waals surface area contributed by atoms with Crippen LogP contribution in [-0.4, -0.2) is 28.4 Å². The zero-order valence-electron chi connectivity index (χ0n) is 20.0. The van der Waals surface area contributed by atoms with Crippen LogP contribution in [0.25, 0.3) is 0 Å². The van der Waals surface area contributed by atoms with Crippen molar-refractivity contribution in [3.05, 3.63) is 11.6 Å². The van der Waals surface area contributed by atoms with Crippen molar-refractivity contribution in [1.29, 1.82) is 0 Å². The van der Waals surface area contributed by atoms with Gasteiger partial charge in [-0.15, -0.1) is 0 Å². The summed E-state index contributed by atoms with van der Waals surface area (Å²) in [4.78, 5) is 0. The van der Waals surface area contributed by atoms with Crippen LogP contribution < -0.4 is 0 Å². The molecule has 3 fully saturated rings. The summed E-state index contributed by atoms with van der Waals surface area (Å²) in [6.07, 6.45) is 16.4. The maximum Gasteiger partial charge on any atom is 0.0577 e. The van der Waals surface area contributed by atoms with Crippen molar-refractivity contribution in [2.24, 2.45) is 46.3 Å². The Morgan fingerprint density at radius 2 is 1.80 bits per heavy atom. The minimum absolute atomic E-state index is 0. The molecule has 0 radical (unpaired) electrons. The number of rotatable bonds is 6. The number of fused-ring (bicyclic) bond motifs is 5. The lowest BCUT2D eigenvalue weighted by atomic mass is 9.47. The third-order valence-corrected chi connectivity index (χ3v) is 10.5. The highest BCUT2D eigenvalue weighted by molar-refractivity contribution is 5.25. The van der Waals surface area contributed by atoms with Crippen molar-refractivity contribution in [2.75, 3.05) is 6.61 Å². The smallest absolute Gasteiger partial charge is 0.0577 e. The molecule has 3 saturated carbocycles. The van der Waals surface area contributed by atoms with Gasteiger partial charge in [-0.1, -0.05) is 52.2 Å². The fraction of sp³-hybridized carbons (Fsp3) is 0.926. The molecular weight excluding hydrogens is 372 g/mol. The molecule has 3 heteroatoms. The second kappa shape index (κ2) is 9.24. The molecule has 0 amide bonds. The minimum atomic E-state index is -0.0926. The molecule has 0 aromatic carbocycles. The topological polar surface area (TPSA) is 72.0 Å². The van der Waals surface area contributed by atoms with Gasteiger partial charge in [-0.05, 0) is 104 Å². The van der Waals surface area contributed by atoms with E-state index in [1.807, 2.05) is 0 Å². The van der Waals surface area contributed by atoms with Gasteiger partial charge in [0.25, 0.3) is 0 Å². The molecule has 0 aliphatic heterocycles. The van der Waals surface area contributed by atoms with Crippen LogP contribution in [0.15, 0.2) is 11.6 Å². The Bertz CT molecular complexity index is 615. The van der Waals surface area contributed by atoms with Crippen molar-refractivity contribution in [3.63, 3.8) is 0 Å². The Morgan fingerprint density at radius 1 is 1.03 bits per heavy atom. The van der Waals surface area contributed by atoms with Crippen LogP contribution in [0.2, 0.25) is 0 Å². The molecule has 0 bridgehead atoms. The van der Waals surface area contributed by atoms with Gasteiger partial charge in [0.1, 0.15) is 0 Å². The first kappa shape index (κ1) is 24.3. The van der Waals surface area contributed by atoms with Crippen LogP contribution >= 0.6 is 0 Å². The van der Waals surface area contributed by atoms with Crippen molar-refractivity contribution < 1.29 is 15.7 Å². The fourth-order valence-electron chi connectivity index (χ4n) is 8.70. The van der Waals surface area contributed by atoms with E-state index in [2.05, 4.69) is 33.8 Å². The predicted octanol–water partition coefficient (Wildman–Crippen LogP) is 5.54. The van der Waals surface area contributed by atoms with Gasteiger partial charge in [0.15, 0.2) is 0 Å². The zero-order chi connectivity index (χ0) is 20.8. The summed E-state index contributed by atoms with van der Waals surface area (Å²) in [5, 5.41) is 19.5. The quantitative estimate of drug-likeness (QED) is 0.554. The maximum atomic E-state index is 10.2. The van der Waals surface area contributed by atoms with E-state index in [1.54, 1.807) is 5.57 Å². The molecule has 0 spiro atoms. The molecular formula is C27H48O3. The molecule has 0 heterocycles. The monoisotopic (exact) mass is 420 g/mol. The van der Waals surface area contributed by atoms with Crippen molar-refractivity contribution in [3.8, 4) is 0 Å². The van der Waals surface area contributed by atoms with Gasteiger partial charge in [0.05, 0.1) is 6.10 Å². The molecule has 3 nitrogen and oxygen atoms in total. The molecule has 4 aliphatic rings. The standard InChI is InChI=1S/C27H46O2.H2O/c1-18(17-28)6-5-7-19(2)23-10-11-24-22-9-8-20-16-21(29)12-14-26(20,3)25(22)13-15-27(23,24)4;/h8,18-19,21-25,28-29H,5-7,9-17H2,1-4H3;1H2/t18?,19-,21+,22+,23-,24+,25+,26+,27-;/m1./s1. The van der Waals surface area contributed by atoms with E-state index >= 15 is 0 Å². The van der Waals surface area contributed by atoms with E-state index in [4.69, 9.17) is 0 Å². The van der Waals surface area contributed by atoms with Gasteiger partial charge >= 0.3 is 0 Å². The van der Waals surface area contributed by atoms with E-state index in [0.29, 0.717) is 23.4 Å². The Balaban J connectivity index is 0.00000256. The third-order valence-electron chi connectivity index (χ3n) is 10.5. The largest absolute Gasteiger partial charge is 0.412 e. The van der Waals surface area contributed by atoms with Crippen LogP contribution in [0.1, 0.15) is 98.3 Å². The lowest BCUT2D eigenvalue weighted by molar-refractivity contribution is -0.0573. The molecule has 174 valence electrons. The highest BCUT2D eigenvalue weighted by Gasteiger charge is 2.59. The van der Waals surface area contributed by atoms with Gasteiger partial charge in [-0.3, -0.25) is 0 Å². The lowest BCUT2D eigenvalue weighted by Crippen LogP contribution is -2.50. The fourth-order valence-corrected chi connectivity index (χ4v) is 8.70. The van der Waals surface area contributed by atoms with Gasteiger partial charge in [0, 0.05) is 6.61 Å². The maximum absolute atomic E-state index is 10.2. The first-order chi connectivity index (χ1) is 13.8. The Labute approximate surface area is 185 Å². The molecule has 1 unspecified atom stereocenters. The average molecular weight is 421 g/mol. The Hall–Kier alpha value is -0.380. The first-order valence-corrected chi connectivity index (χ1v) is 12.8. The summed E-state index contributed by atoms with van der Waals surface area (Å²) in [6.45, 7) is 10.2. The van der Waals surface area contributed by atoms with Crippen LogP contribution in [0.4, 0.5) is 0 Å². The predicted molar refractivity (Wildman–Crippen MR) is 124 cm³/mol. The van der Waals surface area contributed by atoms with Crippen LogP contribution in [-0.2, 0) is 0 Å². The number of hydrogen-bond acceptors (Lipinski definition) is 2. The van der Waals surface area contributed by atoms with Crippen molar-refractivity contribution in [2.45, 2.75) is 104 Å². The summed E-state index contributed by atoms with van der Waals surface area (Å²) in [6, 6.07) is 0. The molecule has 30 heavy (non-hydrogen) atoms. The van der Waals surface area contributed by atoms with Gasteiger partial charge in [0.2, 0.25) is 0 Å². The molecule has 4 aliphatic carbocycles. The first-order valence-electron chi connectivity index (χ1n) is 12.8. The molecule has 0 saturated heterocycles. The van der Waals surface area contributed by atoms with Crippen molar-refractivity contribution >= 4 is 0 Å². The number of hydrogen-bond donors (Lipinski definition) is 2. The van der Waals surface area contributed by atoms with Crippen LogP contribution in [0, 0.1) is 46.3 Å². The highest BCUT2D eigenvalue weighted by atomic mass is 16.3. The lowest BCUT2D eigenvalue weighted by Gasteiger charge is -2.58.